The number of methoxy groups -OCH3 is 1. The molecule has 18 heavy (non-hydrogen) atoms. The van der Waals surface area contributed by atoms with Crippen LogP contribution in [0.1, 0.15) is 10.4 Å². The Hall–Kier alpha value is -1.51. The van der Waals surface area contributed by atoms with E-state index in [1.165, 1.54) is 7.11 Å². The number of sulfonamides is 1. The highest BCUT2D eigenvalue weighted by molar-refractivity contribution is 7.89. The van der Waals surface area contributed by atoms with Crippen LogP contribution in [0.25, 0.3) is 0 Å². The summed E-state index contributed by atoms with van der Waals surface area (Å²) in [6.07, 6.45) is 0. The molecule has 0 radical (unpaired) electrons. The number of nitrogens with one attached hydrogen (secondary N) is 1. The molecule has 0 aromatic heterocycles. The molecule has 0 bridgehead atoms. The lowest BCUT2D eigenvalue weighted by molar-refractivity contribution is 0.0696. The Labute approximate surface area is 103 Å². The van der Waals surface area contributed by atoms with Gasteiger partial charge < -0.3 is 9.84 Å². The highest BCUT2D eigenvalue weighted by atomic mass is 32.2. The van der Waals surface area contributed by atoms with Crippen molar-refractivity contribution in [3.63, 3.8) is 0 Å². The summed E-state index contributed by atoms with van der Waals surface area (Å²) in [5, 5.41) is 8.63. The Morgan fingerprint density at radius 2 is 2.17 bits per heavy atom. The van der Waals surface area contributed by atoms with Gasteiger partial charge in [0.25, 0.3) is 0 Å². The van der Waals surface area contributed by atoms with Crippen LogP contribution in [-0.4, -0.2) is 39.8 Å². The predicted molar refractivity (Wildman–Crippen MR) is 60.4 cm³/mol. The van der Waals surface area contributed by atoms with Crippen LogP contribution in [0.2, 0.25) is 0 Å². The molecule has 0 unspecified atom stereocenters. The van der Waals surface area contributed by atoms with Crippen molar-refractivity contribution in [3.8, 4) is 0 Å². The molecule has 100 valence electrons. The van der Waals surface area contributed by atoms with E-state index in [4.69, 9.17) is 5.11 Å². The van der Waals surface area contributed by atoms with Crippen molar-refractivity contribution in [1.29, 1.82) is 0 Å². The summed E-state index contributed by atoms with van der Waals surface area (Å²) in [5.41, 5.74) is -0.316. The minimum absolute atomic E-state index is 0.00104. The van der Waals surface area contributed by atoms with E-state index in [1.807, 2.05) is 0 Å². The summed E-state index contributed by atoms with van der Waals surface area (Å²) in [5.74, 6) is -2.44. The highest BCUT2D eigenvalue weighted by Gasteiger charge is 2.19. The van der Waals surface area contributed by atoms with Gasteiger partial charge in [0.05, 0.1) is 12.2 Å². The molecule has 2 N–H and O–H groups in total. The first-order valence-corrected chi connectivity index (χ1v) is 6.38. The summed E-state index contributed by atoms with van der Waals surface area (Å²) in [6.45, 7) is 0.146. The zero-order chi connectivity index (χ0) is 13.8. The lowest BCUT2D eigenvalue weighted by Crippen LogP contribution is -2.28. The summed E-state index contributed by atoms with van der Waals surface area (Å²) in [7, 11) is -2.60. The van der Waals surface area contributed by atoms with Crippen molar-refractivity contribution in [1.82, 2.24) is 4.72 Å². The average molecular weight is 277 g/mol. The molecule has 8 heteroatoms. The van der Waals surface area contributed by atoms with E-state index in [-0.39, 0.29) is 18.7 Å². The number of ether oxygens (including phenoxy) is 1. The number of halogens is 1. The summed E-state index contributed by atoms with van der Waals surface area (Å²) in [4.78, 5) is 9.98. The monoisotopic (exact) mass is 277 g/mol. The maximum absolute atomic E-state index is 13.5. The summed E-state index contributed by atoms with van der Waals surface area (Å²) >= 11 is 0. The van der Waals surface area contributed by atoms with Crippen molar-refractivity contribution >= 4 is 16.0 Å². The topological polar surface area (TPSA) is 92.7 Å². The Kier molecular flexibility index (Phi) is 4.76. The molecule has 0 amide bonds. The molecular formula is C10H12FNO5S. The van der Waals surface area contributed by atoms with Gasteiger partial charge in [0.15, 0.2) is 0 Å². The normalized spacial score (nSPS) is 11.4. The standard InChI is InChI=1S/C10H12FNO5S/c1-17-5-4-12-18(15,16)9-3-2-7(10(13)14)6-8(9)11/h2-3,6,12H,4-5H2,1H3,(H,13,14). The molecule has 0 heterocycles. The molecule has 0 fully saturated rings. The molecule has 0 spiro atoms. The van der Waals surface area contributed by atoms with Gasteiger partial charge in [-0.2, -0.15) is 0 Å². The van der Waals surface area contributed by atoms with Crippen LogP contribution in [0.5, 0.6) is 0 Å². The van der Waals surface area contributed by atoms with Crippen LogP contribution in [0.4, 0.5) is 4.39 Å². The van der Waals surface area contributed by atoms with Gasteiger partial charge in [0.1, 0.15) is 10.7 Å². The van der Waals surface area contributed by atoms with Crippen molar-refractivity contribution in [3.05, 3.63) is 29.6 Å². The van der Waals surface area contributed by atoms with Crippen molar-refractivity contribution in [2.45, 2.75) is 4.90 Å². The van der Waals surface area contributed by atoms with E-state index in [2.05, 4.69) is 9.46 Å². The molecule has 0 aliphatic carbocycles. The predicted octanol–water partition coefficient (Wildman–Crippen LogP) is 0.449. The fraction of sp³-hybridized carbons (Fsp3) is 0.300. The van der Waals surface area contributed by atoms with E-state index in [0.29, 0.717) is 6.07 Å². The van der Waals surface area contributed by atoms with E-state index < -0.39 is 26.7 Å². The average Bonchev–Trinajstić information content (AvgIpc) is 2.28. The molecule has 0 saturated heterocycles. The minimum atomic E-state index is -4.00. The first-order chi connectivity index (χ1) is 8.38. The van der Waals surface area contributed by atoms with Crippen molar-refractivity contribution < 1.29 is 27.4 Å². The van der Waals surface area contributed by atoms with Crippen LogP contribution >= 0.6 is 0 Å². The second kappa shape index (κ2) is 5.89. The van der Waals surface area contributed by atoms with Gasteiger partial charge in [-0.1, -0.05) is 0 Å². The molecule has 1 rings (SSSR count). The van der Waals surface area contributed by atoms with E-state index >= 15 is 0 Å². The van der Waals surface area contributed by atoms with Gasteiger partial charge in [-0.15, -0.1) is 0 Å². The lowest BCUT2D eigenvalue weighted by Gasteiger charge is -2.07. The van der Waals surface area contributed by atoms with Crippen LogP contribution in [0, 0.1) is 5.82 Å². The fourth-order valence-corrected chi connectivity index (χ4v) is 2.28. The van der Waals surface area contributed by atoms with Gasteiger partial charge in [-0.3, -0.25) is 0 Å². The van der Waals surface area contributed by atoms with Crippen LogP contribution in [0.3, 0.4) is 0 Å². The van der Waals surface area contributed by atoms with Crippen LogP contribution in [-0.2, 0) is 14.8 Å². The summed E-state index contributed by atoms with van der Waals surface area (Å²) in [6, 6.07) is 2.59. The van der Waals surface area contributed by atoms with Crippen LogP contribution < -0.4 is 4.72 Å². The van der Waals surface area contributed by atoms with Gasteiger partial charge in [-0.05, 0) is 18.2 Å². The zero-order valence-electron chi connectivity index (χ0n) is 9.51. The third-order valence-electron chi connectivity index (χ3n) is 2.07. The number of carboxylic acid groups (broad SMARTS) is 1. The minimum Gasteiger partial charge on any atom is -0.478 e. The molecule has 0 aliphatic rings. The van der Waals surface area contributed by atoms with Gasteiger partial charge in [0.2, 0.25) is 10.0 Å². The molecular weight excluding hydrogens is 265 g/mol. The number of rotatable bonds is 6. The molecule has 6 nitrogen and oxygen atoms in total. The smallest absolute Gasteiger partial charge is 0.335 e. The first kappa shape index (κ1) is 14.6. The molecule has 1 aromatic rings. The maximum atomic E-state index is 13.5. The third-order valence-corrected chi connectivity index (χ3v) is 3.56. The number of benzene rings is 1. The highest BCUT2D eigenvalue weighted by Crippen LogP contribution is 2.15. The van der Waals surface area contributed by atoms with Gasteiger partial charge in [0, 0.05) is 13.7 Å². The van der Waals surface area contributed by atoms with Crippen molar-refractivity contribution in [2.75, 3.05) is 20.3 Å². The molecule has 0 atom stereocenters. The quantitative estimate of drug-likeness (QED) is 0.736. The molecule has 1 aromatic carbocycles. The Morgan fingerprint density at radius 1 is 1.50 bits per heavy atom. The fourth-order valence-electron chi connectivity index (χ4n) is 1.21. The Balaban J connectivity index is 2.99. The van der Waals surface area contributed by atoms with E-state index in [1.54, 1.807) is 0 Å². The lowest BCUT2D eigenvalue weighted by atomic mass is 10.2. The van der Waals surface area contributed by atoms with Gasteiger partial charge in [-0.25, -0.2) is 22.3 Å². The second-order valence-electron chi connectivity index (χ2n) is 3.34. The number of hydrogen-bond acceptors (Lipinski definition) is 4. The SMILES string of the molecule is COCCNS(=O)(=O)c1ccc(C(=O)O)cc1F. The van der Waals surface area contributed by atoms with Crippen LogP contribution in [0.15, 0.2) is 23.1 Å². The van der Waals surface area contributed by atoms with E-state index in [0.717, 1.165) is 12.1 Å². The second-order valence-corrected chi connectivity index (χ2v) is 5.08. The third kappa shape index (κ3) is 3.49. The first-order valence-electron chi connectivity index (χ1n) is 4.90. The number of carbonyl (C=O) groups is 1. The number of hydrogen-bond donors (Lipinski definition) is 2. The molecule has 0 saturated carbocycles. The number of aromatic carboxylic acids is 1. The zero-order valence-corrected chi connectivity index (χ0v) is 10.3. The molecule has 0 aliphatic heterocycles. The number of carboxylic acids is 1. The van der Waals surface area contributed by atoms with Crippen molar-refractivity contribution in [2.24, 2.45) is 0 Å². The maximum Gasteiger partial charge on any atom is 0.335 e. The largest absolute Gasteiger partial charge is 0.478 e. The van der Waals surface area contributed by atoms with E-state index in [9.17, 15) is 17.6 Å². The summed E-state index contributed by atoms with van der Waals surface area (Å²) < 4.78 is 43.6. The Morgan fingerprint density at radius 3 is 2.67 bits per heavy atom. The van der Waals surface area contributed by atoms with Gasteiger partial charge >= 0.3 is 5.97 Å². The Bertz CT molecular complexity index is 543.